The minimum Gasteiger partial charge on any atom is -0.493 e. The Morgan fingerprint density at radius 2 is 2.13 bits per heavy atom. The summed E-state index contributed by atoms with van der Waals surface area (Å²) in [6.07, 6.45) is 0.195. The maximum atomic E-state index is 12.7. The number of aliphatic hydroxyl groups is 2. The van der Waals surface area contributed by atoms with Gasteiger partial charge in [-0.2, -0.15) is 0 Å². The van der Waals surface area contributed by atoms with Crippen LogP contribution in [0.5, 0.6) is 17.2 Å². The van der Waals surface area contributed by atoms with Crippen LogP contribution in [-0.4, -0.2) is 47.9 Å². The maximum absolute atomic E-state index is 12.7. The number of methoxy groups -OCH3 is 1. The van der Waals surface area contributed by atoms with E-state index in [-0.39, 0.29) is 43.6 Å². The van der Waals surface area contributed by atoms with Crippen LogP contribution in [0.4, 0.5) is 0 Å². The second-order valence-corrected chi connectivity index (χ2v) is 8.37. The molecule has 2 unspecified atom stereocenters. The Hall–Kier alpha value is -2.39. The molecule has 9 heteroatoms. The molecule has 0 aliphatic carbocycles. The lowest BCUT2D eigenvalue weighted by Gasteiger charge is -2.24. The van der Waals surface area contributed by atoms with Crippen LogP contribution < -0.4 is 19.9 Å². The number of ether oxygens (including phenoxy) is 3. The molecular weight excluding hydrogens is 424 g/mol. The molecule has 0 amide bonds. The Balaban J connectivity index is 1.75. The molecule has 1 aromatic heterocycles. The number of ketones is 1. The van der Waals surface area contributed by atoms with E-state index >= 15 is 0 Å². The summed E-state index contributed by atoms with van der Waals surface area (Å²) in [5, 5.41) is 20.1. The van der Waals surface area contributed by atoms with E-state index in [0.717, 1.165) is 0 Å². The lowest BCUT2D eigenvalue weighted by molar-refractivity contribution is 0.0396. The zero-order valence-corrected chi connectivity index (χ0v) is 18.5. The van der Waals surface area contributed by atoms with Crippen LogP contribution in [0.2, 0.25) is 5.15 Å². The first-order chi connectivity index (χ1) is 14.6. The molecule has 4 N–H and O–H groups in total. The second kappa shape index (κ2) is 9.00. The van der Waals surface area contributed by atoms with Crippen molar-refractivity contribution >= 4 is 17.4 Å². The smallest absolute Gasteiger partial charge is 0.171 e. The third kappa shape index (κ3) is 4.93. The van der Waals surface area contributed by atoms with E-state index in [1.54, 1.807) is 31.2 Å². The SMILES string of the molecule is COc1cc(C(=O)CCC(C)(O)c2cc3c(c(Cl)n2)OCC3(C)N)ccc1OCCO. The van der Waals surface area contributed by atoms with Crippen molar-refractivity contribution < 1.29 is 29.2 Å². The van der Waals surface area contributed by atoms with Gasteiger partial charge in [-0.1, -0.05) is 11.6 Å². The van der Waals surface area contributed by atoms with Crippen LogP contribution in [-0.2, 0) is 11.1 Å². The van der Waals surface area contributed by atoms with Gasteiger partial charge >= 0.3 is 0 Å². The van der Waals surface area contributed by atoms with Gasteiger partial charge in [0.25, 0.3) is 0 Å². The first-order valence-electron chi connectivity index (χ1n) is 9.89. The van der Waals surface area contributed by atoms with E-state index in [1.807, 2.05) is 6.92 Å². The molecule has 3 rings (SSSR count). The molecule has 0 fully saturated rings. The van der Waals surface area contributed by atoms with Crippen LogP contribution in [0.25, 0.3) is 0 Å². The van der Waals surface area contributed by atoms with E-state index in [4.69, 9.17) is 36.7 Å². The summed E-state index contributed by atoms with van der Waals surface area (Å²) < 4.78 is 16.2. The van der Waals surface area contributed by atoms with Crippen LogP contribution in [0.3, 0.4) is 0 Å². The molecule has 2 heterocycles. The van der Waals surface area contributed by atoms with Gasteiger partial charge in [0, 0.05) is 17.5 Å². The van der Waals surface area contributed by atoms with E-state index in [1.165, 1.54) is 7.11 Å². The number of nitrogens with zero attached hydrogens (tertiary/aromatic N) is 1. The maximum Gasteiger partial charge on any atom is 0.171 e. The van der Waals surface area contributed by atoms with Crippen molar-refractivity contribution in [1.82, 2.24) is 4.98 Å². The summed E-state index contributed by atoms with van der Waals surface area (Å²) in [5.74, 6) is 1.08. The predicted octanol–water partition coefficient (Wildman–Crippen LogP) is 2.55. The van der Waals surface area contributed by atoms with Crippen molar-refractivity contribution in [1.29, 1.82) is 0 Å². The third-order valence-electron chi connectivity index (χ3n) is 5.29. The molecule has 1 aliphatic rings. The van der Waals surface area contributed by atoms with Crippen molar-refractivity contribution in [2.24, 2.45) is 5.73 Å². The van der Waals surface area contributed by atoms with E-state index < -0.39 is 11.1 Å². The fourth-order valence-electron chi connectivity index (χ4n) is 3.38. The monoisotopic (exact) mass is 450 g/mol. The van der Waals surface area contributed by atoms with Crippen molar-refractivity contribution in [2.45, 2.75) is 37.8 Å². The highest BCUT2D eigenvalue weighted by Gasteiger charge is 2.37. The average Bonchev–Trinajstić information content (AvgIpc) is 3.05. The number of rotatable bonds is 9. The summed E-state index contributed by atoms with van der Waals surface area (Å²) in [6, 6.07) is 6.50. The van der Waals surface area contributed by atoms with Gasteiger partial charge in [0.05, 0.1) is 24.9 Å². The lowest BCUT2D eigenvalue weighted by atomic mass is 9.89. The molecule has 2 atom stereocenters. The quantitative estimate of drug-likeness (QED) is 0.393. The van der Waals surface area contributed by atoms with Gasteiger partial charge < -0.3 is 30.2 Å². The number of fused-ring (bicyclic) bond motifs is 1. The van der Waals surface area contributed by atoms with Gasteiger partial charge in [0.15, 0.2) is 28.2 Å². The second-order valence-electron chi connectivity index (χ2n) is 8.02. The van der Waals surface area contributed by atoms with Gasteiger partial charge in [-0.25, -0.2) is 4.98 Å². The number of hydrogen-bond acceptors (Lipinski definition) is 8. The van der Waals surface area contributed by atoms with Crippen LogP contribution in [0.1, 0.15) is 48.3 Å². The highest BCUT2D eigenvalue weighted by molar-refractivity contribution is 6.31. The Morgan fingerprint density at radius 1 is 1.39 bits per heavy atom. The van der Waals surface area contributed by atoms with Crippen LogP contribution >= 0.6 is 11.6 Å². The normalized spacial score (nSPS) is 19.3. The van der Waals surface area contributed by atoms with Crippen molar-refractivity contribution in [2.75, 3.05) is 26.9 Å². The van der Waals surface area contributed by atoms with E-state index in [9.17, 15) is 9.90 Å². The van der Waals surface area contributed by atoms with E-state index in [2.05, 4.69) is 4.98 Å². The van der Waals surface area contributed by atoms with Crippen LogP contribution in [0, 0.1) is 0 Å². The Morgan fingerprint density at radius 3 is 2.81 bits per heavy atom. The summed E-state index contributed by atoms with van der Waals surface area (Å²) >= 11 is 6.24. The first-order valence-corrected chi connectivity index (χ1v) is 10.3. The number of pyridine rings is 1. The topological polar surface area (TPSA) is 124 Å². The van der Waals surface area contributed by atoms with Gasteiger partial charge in [-0.15, -0.1) is 0 Å². The largest absolute Gasteiger partial charge is 0.493 e. The number of Topliss-reactive ketones (excluding diaryl/α,β-unsaturated/α-hetero) is 1. The van der Waals surface area contributed by atoms with Crippen LogP contribution in [0.15, 0.2) is 24.3 Å². The van der Waals surface area contributed by atoms with Gasteiger partial charge in [-0.05, 0) is 44.5 Å². The average molecular weight is 451 g/mol. The fourth-order valence-corrected chi connectivity index (χ4v) is 3.63. The number of carbonyl (C=O) groups excluding carboxylic acids is 1. The first kappa shape index (κ1) is 23.3. The number of halogens is 1. The van der Waals surface area contributed by atoms with E-state index in [0.29, 0.717) is 34.1 Å². The molecule has 0 radical (unpaired) electrons. The van der Waals surface area contributed by atoms with Gasteiger partial charge in [-0.3, -0.25) is 4.79 Å². The van der Waals surface area contributed by atoms with Crippen molar-refractivity contribution in [3.63, 3.8) is 0 Å². The number of aromatic nitrogens is 1. The van der Waals surface area contributed by atoms with Gasteiger partial charge in [0.2, 0.25) is 0 Å². The zero-order valence-electron chi connectivity index (χ0n) is 17.8. The number of aliphatic hydroxyl groups excluding tert-OH is 1. The number of nitrogens with two attached hydrogens (primary N) is 1. The molecule has 1 aliphatic heterocycles. The molecule has 31 heavy (non-hydrogen) atoms. The Bertz CT molecular complexity index is 977. The predicted molar refractivity (Wildman–Crippen MR) is 115 cm³/mol. The Labute approximate surface area is 185 Å². The molecule has 0 saturated carbocycles. The molecule has 0 spiro atoms. The zero-order chi connectivity index (χ0) is 22.8. The molecule has 1 aromatic carbocycles. The lowest BCUT2D eigenvalue weighted by Crippen LogP contribution is -2.35. The minimum absolute atomic E-state index is 0.0692. The summed E-state index contributed by atoms with van der Waals surface area (Å²) in [6.45, 7) is 3.67. The summed E-state index contributed by atoms with van der Waals surface area (Å²) in [4.78, 5) is 17.0. The minimum atomic E-state index is -1.40. The van der Waals surface area contributed by atoms with Crippen molar-refractivity contribution in [3.05, 3.63) is 46.2 Å². The number of hydrogen-bond donors (Lipinski definition) is 3. The highest BCUT2D eigenvalue weighted by atomic mass is 35.5. The fraction of sp³-hybridized carbons (Fsp3) is 0.455. The molecule has 0 saturated heterocycles. The van der Waals surface area contributed by atoms with Crippen molar-refractivity contribution in [3.8, 4) is 17.2 Å². The van der Waals surface area contributed by atoms with Gasteiger partial charge in [0.1, 0.15) is 18.8 Å². The molecule has 8 nitrogen and oxygen atoms in total. The third-order valence-corrected chi connectivity index (χ3v) is 5.54. The molecule has 0 bridgehead atoms. The Kier molecular flexibility index (Phi) is 6.76. The highest BCUT2D eigenvalue weighted by Crippen LogP contribution is 2.42. The number of carbonyl (C=O) groups is 1. The molecule has 168 valence electrons. The summed E-state index contributed by atoms with van der Waals surface area (Å²) in [7, 11) is 1.47. The number of benzene rings is 1. The molecule has 2 aromatic rings. The summed E-state index contributed by atoms with van der Waals surface area (Å²) in [5.41, 5.74) is 5.55. The molecular formula is C22H27ClN2O6. The standard InChI is InChI=1S/C22H27ClN2O6/c1-21(24)12-31-19-14(21)11-18(25-20(19)23)22(2,28)7-6-15(27)13-4-5-16(30-9-8-26)17(10-13)29-3/h4-5,10-11,26,28H,6-9,12,24H2,1-3H3.